The molecule has 2 rings (SSSR count). The summed E-state index contributed by atoms with van der Waals surface area (Å²) >= 11 is 3.35. The van der Waals surface area contributed by atoms with E-state index < -0.39 is 0 Å². The van der Waals surface area contributed by atoms with Gasteiger partial charge in [0, 0.05) is 23.8 Å². The van der Waals surface area contributed by atoms with Crippen molar-refractivity contribution in [3.05, 3.63) is 34.1 Å². The van der Waals surface area contributed by atoms with E-state index in [1.165, 1.54) is 5.57 Å². The number of rotatable bonds is 1. The molecule has 0 spiro atoms. The van der Waals surface area contributed by atoms with Crippen LogP contribution in [0.5, 0.6) is 0 Å². The first-order valence-corrected chi connectivity index (χ1v) is 7.00. The van der Waals surface area contributed by atoms with E-state index in [2.05, 4.69) is 47.8 Å². The average Bonchev–Trinajstić information content (AvgIpc) is 2.74. The first-order valence-electron chi connectivity index (χ1n) is 6.20. The third kappa shape index (κ3) is 2.86. The monoisotopic (exact) mass is 310 g/mol. The Kier molecular flexibility index (Phi) is 3.66. The van der Waals surface area contributed by atoms with Crippen LogP contribution < -0.4 is 0 Å². The Hall–Kier alpha value is -1.03. The van der Waals surface area contributed by atoms with Crippen molar-refractivity contribution in [3.63, 3.8) is 0 Å². The molecule has 0 saturated heterocycles. The van der Waals surface area contributed by atoms with Gasteiger partial charge in [0.15, 0.2) is 0 Å². The van der Waals surface area contributed by atoms with Crippen LogP contribution in [0, 0.1) is 5.41 Å². The van der Waals surface area contributed by atoms with E-state index in [0.29, 0.717) is 12.2 Å². The lowest BCUT2D eigenvalue weighted by Crippen LogP contribution is -2.36. The van der Waals surface area contributed by atoms with Gasteiger partial charge in [0.05, 0.1) is 0 Å². The molecular formula is C14H19BrN2O. The van der Waals surface area contributed by atoms with Gasteiger partial charge in [-0.1, -0.05) is 32.4 Å². The zero-order valence-electron chi connectivity index (χ0n) is 11.1. The average molecular weight is 311 g/mol. The Morgan fingerprint density at radius 2 is 2.17 bits per heavy atom. The van der Waals surface area contributed by atoms with Gasteiger partial charge in [-0.05, 0) is 33.8 Å². The lowest BCUT2D eigenvalue weighted by atomic mass is 9.83. The van der Waals surface area contributed by atoms with Gasteiger partial charge in [-0.3, -0.25) is 4.79 Å². The molecule has 4 heteroatoms. The maximum absolute atomic E-state index is 12.2. The summed E-state index contributed by atoms with van der Waals surface area (Å²) < 4.78 is 0.911. The minimum atomic E-state index is 0.0740. The normalized spacial score (nSPS) is 16.7. The Labute approximate surface area is 116 Å². The van der Waals surface area contributed by atoms with Crippen LogP contribution in [0.4, 0.5) is 0 Å². The predicted molar refractivity (Wildman–Crippen MR) is 76.6 cm³/mol. The van der Waals surface area contributed by atoms with Crippen molar-refractivity contribution in [2.45, 2.75) is 27.2 Å². The van der Waals surface area contributed by atoms with Gasteiger partial charge in [0.2, 0.25) is 0 Å². The molecule has 98 valence electrons. The molecule has 0 atom stereocenters. The summed E-state index contributed by atoms with van der Waals surface area (Å²) in [7, 11) is 0. The maximum Gasteiger partial charge on any atom is 0.270 e. The largest absolute Gasteiger partial charge is 0.356 e. The van der Waals surface area contributed by atoms with E-state index >= 15 is 0 Å². The quantitative estimate of drug-likeness (QED) is 0.791. The van der Waals surface area contributed by atoms with E-state index in [0.717, 1.165) is 17.4 Å². The fraction of sp³-hybridized carbons (Fsp3) is 0.500. The summed E-state index contributed by atoms with van der Waals surface area (Å²) in [5.41, 5.74) is 2.30. The van der Waals surface area contributed by atoms with E-state index in [1.807, 2.05) is 11.0 Å². The lowest BCUT2D eigenvalue weighted by molar-refractivity contribution is 0.0760. The van der Waals surface area contributed by atoms with Gasteiger partial charge in [0.25, 0.3) is 5.91 Å². The summed E-state index contributed by atoms with van der Waals surface area (Å²) in [6, 6.07) is 1.82. The molecule has 18 heavy (non-hydrogen) atoms. The fourth-order valence-electron chi connectivity index (χ4n) is 2.20. The summed E-state index contributed by atoms with van der Waals surface area (Å²) in [6.45, 7) is 8.18. The molecule has 0 aromatic carbocycles. The molecule has 2 heterocycles. The van der Waals surface area contributed by atoms with Gasteiger partial charge in [-0.15, -0.1) is 0 Å². The van der Waals surface area contributed by atoms with Crippen molar-refractivity contribution in [2.75, 3.05) is 13.1 Å². The Balaban J connectivity index is 2.06. The standard InChI is InChI=1S/C14H19BrN2O/c1-14(2,3)10-4-6-17(7-5-10)13(18)12-8-11(15)9-16-12/h4,8-9,16H,5-7H2,1-3H3. The topological polar surface area (TPSA) is 36.1 Å². The molecule has 1 N–H and O–H groups in total. The van der Waals surface area contributed by atoms with Crippen LogP contribution in [0.1, 0.15) is 37.7 Å². The molecular weight excluding hydrogens is 292 g/mol. The van der Waals surface area contributed by atoms with Crippen LogP contribution >= 0.6 is 15.9 Å². The highest BCUT2D eigenvalue weighted by atomic mass is 79.9. The number of hydrogen-bond donors (Lipinski definition) is 1. The second-order valence-corrected chi connectivity index (χ2v) is 6.63. The molecule has 0 unspecified atom stereocenters. The number of aromatic amines is 1. The van der Waals surface area contributed by atoms with Gasteiger partial charge in [-0.25, -0.2) is 0 Å². The molecule has 0 saturated carbocycles. The highest BCUT2D eigenvalue weighted by Gasteiger charge is 2.24. The summed E-state index contributed by atoms with van der Waals surface area (Å²) in [5.74, 6) is 0.0740. The zero-order chi connectivity index (χ0) is 13.3. The smallest absolute Gasteiger partial charge is 0.270 e. The molecule has 3 nitrogen and oxygen atoms in total. The molecule has 1 aromatic rings. The Bertz CT molecular complexity index is 482. The molecule has 0 fully saturated rings. The molecule has 0 radical (unpaired) electrons. The van der Waals surface area contributed by atoms with Crippen LogP contribution in [0.3, 0.4) is 0 Å². The minimum Gasteiger partial charge on any atom is -0.356 e. The van der Waals surface area contributed by atoms with Crippen molar-refractivity contribution in [1.82, 2.24) is 9.88 Å². The molecule has 1 aliphatic heterocycles. The number of H-pyrrole nitrogens is 1. The van der Waals surface area contributed by atoms with Crippen LogP contribution in [0.25, 0.3) is 0 Å². The van der Waals surface area contributed by atoms with Crippen LogP contribution in [0.15, 0.2) is 28.4 Å². The number of aromatic nitrogens is 1. The minimum absolute atomic E-state index is 0.0740. The highest BCUT2D eigenvalue weighted by molar-refractivity contribution is 9.10. The molecule has 1 aromatic heterocycles. The number of hydrogen-bond acceptors (Lipinski definition) is 1. The lowest BCUT2D eigenvalue weighted by Gasteiger charge is -2.32. The zero-order valence-corrected chi connectivity index (χ0v) is 12.7. The van der Waals surface area contributed by atoms with Crippen LogP contribution in [0.2, 0.25) is 0 Å². The first-order chi connectivity index (χ1) is 8.38. The van der Waals surface area contributed by atoms with Crippen LogP contribution in [-0.4, -0.2) is 28.9 Å². The number of nitrogens with zero attached hydrogens (tertiary/aromatic N) is 1. The fourth-order valence-corrected chi connectivity index (χ4v) is 2.54. The van der Waals surface area contributed by atoms with Crippen molar-refractivity contribution in [3.8, 4) is 0 Å². The number of carbonyl (C=O) groups is 1. The van der Waals surface area contributed by atoms with Gasteiger partial charge >= 0.3 is 0 Å². The predicted octanol–water partition coefficient (Wildman–Crippen LogP) is 3.60. The molecule has 1 aliphatic rings. The molecule has 0 bridgehead atoms. The van der Waals surface area contributed by atoms with E-state index in [1.54, 1.807) is 6.20 Å². The Morgan fingerprint density at radius 1 is 1.44 bits per heavy atom. The number of nitrogens with one attached hydrogen (secondary N) is 1. The number of amides is 1. The van der Waals surface area contributed by atoms with Crippen molar-refractivity contribution in [2.24, 2.45) is 5.41 Å². The number of halogens is 1. The SMILES string of the molecule is CC(C)(C)C1=CCN(C(=O)c2cc(Br)c[nH]2)CC1. The number of carbonyl (C=O) groups excluding carboxylic acids is 1. The van der Waals surface area contributed by atoms with Crippen molar-refractivity contribution < 1.29 is 4.79 Å². The van der Waals surface area contributed by atoms with Crippen molar-refractivity contribution >= 4 is 21.8 Å². The van der Waals surface area contributed by atoms with Crippen molar-refractivity contribution in [1.29, 1.82) is 0 Å². The third-order valence-corrected chi connectivity index (χ3v) is 3.80. The van der Waals surface area contributed by atoms with Gasteiger partial charge in [0.1, 0.15) is 5.69 Å². The molecule has 1 amide bonds. The maximum atomic E-state index is 12.2. The second kappa shape index (κ2) is 4.92. The summed E-state index contributed by atoms with van der Waals surface area (Å²) in [6.07, 6.45) is 4.95. The van der Waals surface area contributed by atoms with Gasteiger partial charge in [-0.2, -0.15) is 0 Å². The summed E-state index contributed by atoms with van der Waals surface area (Å²) in [4.78, 5) is 17.1. The molecule has 0 aliphatic carbocycles. The Morgan fingerprint density at radius 3 is 2.61 bits per heavy atom. The first kappa shape index (κ1) is 13.4. The van der Waals surface area contributed by atoms with E-state index in [4.69, 9.17) is 0 Å². The summed E-state index contributed by atoms with van der Waals surface area (Å²) in [5, 5.41) is 0. The highest BCUT2D eigenvalue weighted by Crippen LogP contribution is 2.30. The van der Waals surface area contributed by atoms with Gasteiger partial charge < -0.3 is 9.88 Å². The second-order valence-electron chi connectivity index (χ2n) is 5.71. The van der Waals surface area contributed by atoms with Crippen LogP contribution in [-0.2, 0) is 0 Å². The third-order valence-electron chi connectivity index (χ3n) is 3.34. The van der Waals surface area contributed by atoms with E-state index in [9.17, 15) is 4.79 Å². The van der Waals surface area contributed by atoms with E-state index in [-0.39, 0.29) is 11.3 Å².